The summed E-state index contributed by atoms with van der Waals surface area (Å²) in [5.74, 6) is 0.103. The lowest BCUT2D eigenvalue weighted by molar-refractivity contribution is -0.385. The topological polar surface area (TPSA) is 131 Å². The van der Waals surface area contributed by atoms with E-state index < -0.39 is 17.1 Å². The van der Waals surface area contributed by atoms with Gasteiger partial charge in [-0.15, -0.1) is 0 Å². The van der Waals surface area contributed by atoms with E-state index in [1.165, 1.54) is 17.0 Å². The fourth-order valence-corrected chi connectivity index (χ4v) is 2.63. The number of rotatable bonds is 7. The van der Waals surface area contributed by atoms with Gasteiger partial charge in [-0.2, -0.15) is 0 Å². The molecule has 1 atom stereocenters. The Morgan fingerprint density at radius 1 is 1.33 bits per heavy atom. The van der Waals surface area contributed by atoms with E-state index in [-0.39, 0.29) is 31.1 Å². The minimum Gasteiger partial charge on any atom is -0.482 e. The van der Waals surface area contributed by atoms with Crippen molar-refractivity contribution in [1.82, 2.24) is 0 Å². The summed E-state index contributed by atoms with van der Waals surface area (Å²) < 4.78 is 10.7. The van der Waals surface area contributed by atoms with Crippen LogP contribution in [0.4, 0.5) is 16.2 Å². The van der Waals surface area contributed by atoms with Crippen molar-refractivity contribution in [2.45, 2.75) is 12.7 Å². The summed E-state index contributed by atoms with van der Waals surface area (Å²) in [5.41, 5.74) is 9.28. The van der Waals surface area contributed by atoms with Crippen molar-refractivity contribution >= 4 is 17.5 Å². The average molecular weight is 369 g/mol. The maximum absolute atomic E-state index is 12.0. The second kappa shape index (κ2) is 8.07. The van der Waals surface area contributed by atoms with Crippen LogP contribution >= 0.6 is 0 Å². The van der Waals surface area contributed by atoms with Gasteiger partial charge in [0.1, 0.15) is 12.7 Å². The van der Waals surface area contributed by atoms with E-state index in [0.29, 0.717) is 5.69 Å². The fourth-order valence-electron chi connectivity index (χ4n) is 2.63. The van der Waals surface area contributed by atoms with E-state index in [1.54, 1.807) is 6.07 Å². The molecule has 1 aliphatic rings. The van der Waals surface area contributed by atoms with Gasteiger partial charge in [-0.25, -0.2) is 4.79 Å². The molecular formula is C17H15N5O5. The van der Waals surface area contributed by atoms with Crippen molar-refractivity contribution < 1.29 is 19.2 Å². The Morgan fingerprint density at radius 3 is 2.81 bits per heavy atom. The van der Waals surface area contributed by atoms with Gasteiger partial charge in [0.15, 0.2) is 5.75 Å². The molecule has 0 saturated carbocycles. The van der Waals surface area contributed by atoms with E-state index in [9.17, 15) is 14.9 Å². The lowest BCUT2D eigenvalue weighted by Crippen LogP contribution is -2.25. The number of nitro benzene ring substituents is 1. The van der Waals surface area contributed by atoms with Gasteiger partial charge < -0.3 is 9.47 Å². The first-order chi connectivity index (χ1) is 13.1. The summed E-state index contributed by atoms with van der Waals surface area (Å²) in [4.78, 5) is 26.7. The minimum atomic E-state index is -0.652. The highest BCUT2D eigenvalue weighted by Gasteiger charge is 2.33. The van der Waals surface area contributed by atoms with Gasteiger partial charge in [0.25, 0.3) is 0 Å². The third-order valence-corrected chi connectivity index (χ3v) is 3.91. The third-order valence-electron chi connectivity index (χ3n) is 3.91. The Kier molecular flexibility index (Phi) is 5.38. The first kappa shape index (κ1) is 18.0. The molecule has 1 amide bonds. The average Bonchev–Trinajstić information content (AvgIpc) is 3.06. The van der Waals surface area contributed by atoms with Gasteiger partial charge in [0, 0.05) is 11.0 Å². The molecule has 1 heterocycles. The van der Waals surface area contributed by atoms with Crippen LogP contribution in [0.2, 0.25) is 0 Å². The molecule has 1 fully saturated rings. The van der Waals surface area contributed by atoms with Crippen LogP contribution in [0.3, 0.4) is 0 Å². The summed E-state index contributed by atoms with van der Waals surface area (Å²) in [6.45, 7) is 0.319. The monoisotopic (exact) mass is 369 g/mol. The van der Waals surface area contributed by atoms with Crippen molar-refractivity contribution in [1.29, 1.82) is 0 Å². The number of azide groups is 1. The molecule has 0 N–H and O–H groups in total. The summed E-state index contributed by atoms with van der Waals surface area (Å²) >= 11 is 0. The zero-order valence-electron chi connectivity index (χ0n) is 14.1. The van der Waals surface area contributed by atoms with Crippen molar-refractivity contribution in [2.24, 2.45) is 5.11 Å². The number of nitrogens with zero attached hydrogens (tertiary/aromatic N) is 5. The van der Waals surface area contributed by atoms with E-state index in [4.69, 9.17) is 15.0 Å². The molecule has 1 aliphatic heterocycles. The zero-order valence-corrected chi connectivity index (χ0v) is 14.1. The molecule has 0 bridgehead atoms. The number of carbonyl (C=O) groups excluding carboxylic acids is 1. The van der Waals surface area contributed by atoms with Crippen LogP contribution in [0, 0.1) is 10.1 Å². The Balaban J connectivity index is 1.78. The number of anilines is 1. The first-order valence-electron chi connectivity index (χ1n) is 8.02. The second-order valence-corrected chi connectivity index (χ2v) is 5.71. The Hall–Kier alpha value is -3.78. The van der Waals surface area contributed by atoms with Gasteiger partial charge in [-0.1, -0.05) is 35.4 Å². The highest BCUT2D eigenvalue weighted by atomic mass is 16.6. The molecule has 0 aromatic heterocycles. The highest BCUT2D eigenvalue weighted by Crippen LogP contribution is 2.33. The van der Waals surface area contributed by atoms with Crippen LogP contribution in [0.25, 0.3) is 10.4 Å². The smallest absolute Gasteiger partial charge is 0.414 e. The normalized spacial score (nSPS) is 15.8. The molecule has 3 rings (SSSR count). The SMILES string of the molecule is [N-]=[N+]=NC[C@H]1CN(c2ccc(OCc3ccccc3)c([N+](=O)[O-])c2)C(=O)O1. The van der Waals surface area contributed by atoms with Gasteiger partial charge in [0.2, 0.25) is 0 Å². The second-order valence-electron chi connectivity index (χ2n) is 5.71. The fraction of sp³-hybridized carbons (Fsp3) is 0.235. The Labute approximate surface area is 153 Å². The van der Waals surface area contributed by atoms with Crippen LogP contribution in [-0.2, 0) is 11.3 Å². The quantitative estimate of drug-likeness (QED) is 0.241. The summed E-state index contributed by atoms with van der Waals surface area (Å²) in [7, 11) is 0. The molecule has 10 heteroatoms. The number of benzene rings is 2. The van der Waals surface area contributed by atoms with Crippen molar-refractivity contribution in [2.75, 3.05) is 18.0 Å². The highest BCUT2D eigenvalue weighted by molar-refractivity contribution is 5.90. The summed E-state index contributed by atoms with van der Waals surface area (Å²) in [6.07, 6.45) is -1.25. The molecule has 0 radical (unpaired) electrons. The number of hydrogen-bond acceptors (Lipinski definition) is 6. The minimum absolute atomic E-state index is 0.000889. The van der Waals surface area contributed by atoms with E-state index >= 15 is 0 Å². The van der Waals surface area contributed by atoms with Crippen LogP contribution < -0.4 is 9.64 Å². The number of ether oxygens (including phenoxy) is 2. The Morgan fingerprint density at radius 2 is 2.11 bits per heavy atom. The number of hydrogen-bond donors (Lipinski definition) is 0. The number of cyclic esters (lactones) is 1. The van der Waals surface area contributed by atoms with E-state index in [2.05, 4.69) is 10.0 Å². The largest absolute Gasteiger partial charge is 0.482 e. The zero-order chi connectivity index (χ0) is 19.2. The number of nitro groups is 1. The molecule has 2 aromatic rings. The molecular weight excluding hydrogens is 354 g/mol. The van der Waals surface area contributed by atoms with Crippen LogP contribution in [0.1, 0.15) is 5.56 Å². The molecule has 2 aromatic carbocycles. The molecule has 0 aliphatic carbocycles. The predicted molar refractivity (Wildman–Crippen MR) is 95.5 cm³/mol. The molecule has 1 saturated heterocycles. The van der Waals surface area contributed by atoms with Crippen molar-refractivity contribution in [3.05, 3.63) is 74.7 Å². The molecule has 27 heavy (non-hydrogen) atoms. The summed E-state index contributed by atoms with van der Waals surface area (Å²) in [6, 6.07) is 13.5. The number of carbonyl (C=O) groups is 1. The molecule has 138 valence electrons. The standard InChI is InChI=1S/C17H15N5O5/c18-20-19-9-14-10-21(17(23)27-14)13-6-7-16(15(8-13)22(24)25)26-11-12-4-2-1-3-5-12/h1-8,14H,9-11H2/t14-/m0/s1. The maximum Gasteiger partial charge on any atom is 0.414 e. The number of amides is 1. The van der Waals surface area contributed by atoms with Gasteiger partial charge in [-0.05, 0) is 23.2 Å². The Bertz CT molecular complexity index is 898. The van der Waals surface area contributed by atoms with Crippen LogP contribution in [-0.4, -0.2) is 30.2 Å². The molecule has 10 nitrogen and oxygen atoms in total. The van der Waals surface area contributed by atoms with Crippen molar-refractivity contribution in [3.8, 4) is 5.75 Å². The van der Waals surface area contributed by atoms with Crippen LogP contribution in [0.15, 0.2) is 53.6 Å². The van der Waals surface area contributed by atoms with Gasteiger partial charge in [0.05, 0.1) is 23.7 Å². The van der Waals surface area contributed by atoms with Crippen molar-refractivity contribution in [3.63, 3.8) is 0 Å². The first-order valence-corrected chi connectivity index (χ1v) is 8.02. The maximum atomic E-state index is 12.0. The predicted octanol–water partition coefficient (Wildman–Crippen LogP) is 3.81. The van der Waals surface area contributed by atoms with E-state index in [0.717, 1.165) is 5.56 Å². The van der Waals surface area contributed by atoms with E-state index in [1.807, 2.05) is 30.3 Å². The lowest BCUT2D eigenvalue weighted by Gasteiger charge is -2.14. The molecule has 0 spiro atoms. The van der Waals surface area contributed by atoms with Gasteiger partial charge in [-0.3, -0.25) is 15.0 Å². The summed E-state index contributed by atoms with van der Waals surface area (Å²) in [5, 5.41) is 14.8. The third kappa shape index (κ3) is 4.25. The molecule has 0 unspecified atom stereocenters. The lowest BCUT2D eigenvalue weighted by atomic mass is 10.2. The van der Waals surface area contributed by atoms with Crippen LogP contribution in [0.5, 0.6) is 5.75 Å². The van der Waals surface area contributed by atoms with Gasteiger partial charge >= 0.3 is 11.8 Å².